The second kappa shape index (κ2) is 6.03. The summed E-state index contributed by atoms with van der Waals surface area (Å²) >= 11 is 0. The fourth-order valence-electron chi connectivity index (χ4n) is 4.13. The van der Waals surface area contributed by atoms with Gasteiger partial charge in [-0.1, -0.05) is 13.8 Å². The van der Waals surface area contributed by atoms with E-state index in [1.165, 1.54) is 0 Å². The third-order valence-corrected chi connectivity index (χ3v) is 5.75. The molecule has 0 N–H and O–H groups in total. The minimum Gasteiger partial charge on any atom is -0.337 e. The summed E-state index contributed by atoms with van der Waals surface area (Å²) in [5.74, 6) is 0.844. The molecule has 0 aromatic carbocycles. The van der Waals surface area contributed by atoms with Crippen LogP contribution in [-0.2, 0) is 19.0 Å². The van der Waals surface area contributed by atoms with Crippen LogP contribution in [0.1, 0.15) is 61.0 Å². The smallest absolute Gasteiger partial charge is 0.275 e. The molecule has 4 rings (SSSR count). The molecule has 8 heteroatoms. The highest BCUT2D eigenvalue weighted by Crippen LogP contribution is 2.41. The summed E-state index contributed by atoms with van der Waals surface area (Å²) in [5.41, 5.74) is 0.873. The van der Waals surface area contributed by atoms with E-state index in [2.05, 4.69) is 15.3 Å². The molecule has 2 aromatic rings. The van der Waals surface area contributed by atoms with Crippen molar-refractivity contribution in [2.24, 2.45) is 7.05 Å². The van der Waals surface area contributed by atoms with Crippen LogP contribution in [0.5, 0.6) is 0 Å². The summed E-state index contributed by atoms with van der Waals surface area (Å²) in [6.07, 6.45) is 4.28. The number of hydrogen-bond donors (Lipinski definition) is 0. The lowest BCUT2D eigenvalue weighted by Crippen LogP contribution is -2.45. The number of amides is 1. The van der Waals surface area contributed by atoms with Crippen molar-refractivity contribution < 1.29 is 4.79 Å². The lowest BCUT2D eigenvalue weighted by molar-refractivity contribution is 0.0656. The molecule has 0 radical (unpaired) electrons. The van der Waals surface area contributed by atoms with Gasteiger partial charge in [-0.15, -0.1) is 10.2 Å². The Bertz CT molecular complexity index is 905. The molecule has 2 aliphatic rings. The minimum atomic E-state index is -0.136. The first-order valence-corrected chi connectivity index (χ1v) is 9.18. The summed E-state index contributed by atoms with van der Waals surface area (Å²) in [6.45, 7) is 5.92. The van der Waals surface area contributed by atoms with Crippen LogP contribution < -0.4 is 5.56 Å². The normalized spacial score (nSPS) is 18.5. The van der Waals surface area contributed by atoms with Crippen molar-refractivity contribution in [3.63, 3.8) is 0 Å². The number of piperidine rings is 1. The van der Waals surface area contributed by atoms with Gasteiger partial charge < -0.3 is 4.90 Å². The number of rotatable bonds is 2. The van der Waals surface area contributed by atoms with E-state index < -0.39 is 0 Å². The molecule has 1 fully saturated rings. The minimum absolute atomic E-state index is 0.00568. The monoisotopic (exact) mass is 356 g/mol. The SMILES string of the molecule is CC(C)c1nnc2n(c1=O)CCC21CCN(C(=O)c2ccn(C)n2)CC1. The van der Waals surface area contributed by atoms with E-state index in [9.17, 15) is 9.59 Å². The van der Waals surface area contributed by atoms with Crippen LogP contribution in [0.3, 0.4) is 0 Å². The average molecular weight is 356 g/mol. The van der Waals surface area contributed by atoms with E-state index in [1.807, 2.05) is 18.7 Å². The Labute approximate surface area is 151 Å². The van der Waals surface area contributed by atoms with Gasteiger partial charge in [-0.05, 0) is 25.3 Å². The molecule has 1 spiro atoms. The van der Waals surface area contributed by atoms with Gasteiger partial charge in [0.1, 0.15) is 17.2 Å². The Kier molecular flexibility index (Phi) is 3.93. The van der Waals surface area contributed by atoms with E-state index in [-0.39, 0.29) is 22.8 Å². The quantitative estimate of drug-likeness (QED) is 0.803. The lowest BCUT2D eigenvalue weighted by Gasteiger charge is -2.38. The van der Waals surface area contributed by atoms with E-state index in [0.717, 1.165) is 25.1 Å². The molecule has 0 bridgehead atoms. The van der Waals surface area contributed by atoms with Gasteiger partial charge in [0.15, 0.2) is 0 Å². The molecular weight excluding hydrogens is 332 g/mol. The van der Waals surface area contributed by atoms with Gasteiger partial charge in [0.05, 0.1) is 0 Å². The third-order valence-electron chi connectivity index (χ3n) is 5.75. The highest BCUT2D eigenvalue weighted by molar-refractivity contribution is 5.92. The van der Waals surface area contributed by atoms with Crippen molar-refractivity contribution in [3.8, 4) is 0 Å². The van der Waals surface area contributed by atoms with Crippen molar-refractivity contribution in [3.05, 3.63) is 39.8 Å². The predicted octanol–water partition coefficient (Wildman–Crippen LogP) is 1.07. The summed E-state index contributed by atoms with van der Waals surface area (Å²) < 4.78 is 3.44. The Balaban J connectivity index is 1.55. The molecule has 138 valence electrons. The van der Waals surface area contributed by atoms with Gasteiger partial charge in [-0.25, -0.2) is 0 Å². The van der Waals surface area contributed by atoms with Crippen LogP contribution in [0.15, 0.2) is 17.1 Å². The molecule has 2 aromatic heterocycles. The lowest BCUT2D eigenvalue weighted by atomic mass is 9.76. The van der Waals surface area contributed by atoms with Gasteiger partial charge in [0, 0.05) is 44.2 Å². The first kappa shape index (κ1) is 16.9. The number of fused-ring (bicyclic) bond motifs is 2. The molecule has 26 heavy (non-hydrogen) atoms. The molecule has 0 aliphatic carbocycles. The molecule has 1 saturated heterocycles. The summed E-state index contributed by atoms with van der Waals surface area (Å²) in [7, 11) is 1.80. The van der Waals surface area contributed by atoms with E-state index in [0.29, 0.717) is 31.0 Å². The molecule has 1 amide bonds. The van der Waals surface area contributed by atoms with E-state index >= 15 is 0 Å². The molecule has 0 saturated carbocycles. The standard InChI is InChI=1S/C18H24N6O2/c1-12(2)14-16(26)24-11-7-18(17(24)20-19-14)5-9-23(10-6-18)15(25)13-4-8-22(3)21-13/h4,8,12H,5-7,9-11H2,1-3H3. The van der Waals surface area contributed by atoms with Crippen LogP contribution in [-0.4, -0.2) is 48.4 Å². The number of likely N-dealkylation sites (tertiary alicyclic amines) is 1. The molecule has 0 unspecified atom stereocenters. The second-order valence-corrected chi connectivity index (χ2v) is 7.72. The van der Waals surface area contributed by atoms with Crippen molar-refractivity contribution in [1.29, 1.82) is 0 Å². The summed E-state index contributed by atoms with van der Waals surface area (Å²) in [5, 5.41) is 12.9. The number of aryl methyl sites for hydroxylation is 1. The second-order valence-electron chi connectivity index (χ2n) is 7.72. The Morgan fingerprint density at radius 2 is 1.85 bits per heavy atom. The van der Waals surface area contributed by atoms with Gasteiger partial charge in [0.2, 0.25) is 0 Å². The van der Waals surface area contributed by atoms with Crippen molar-refractivity contribution in [1.82, 2.24) is 29.4 Å². The molecule has 4 heterocycles. The van der Waals surface area contributed by atoms with E-state index in [1.54, 1.807) is 28.6 Å². The number of nitrogens with zero attached hydrogens (tertiary/aromatic N) is 6. The average Bonchev–Trinajstić information content (AvgIpc) is 3.20. The Morgan fingerprint density at radius 3 is 2.46 bits per heavy atom. The van der Waals surface area contributed by atoms with Crippen molar-refractivity contribution in [2.75, 3.05) is 13.1 Å². The Hall–Kier alpha value is -2.51. The van der Waals surface area contributed by atoms with Crippen LogP contribution in [0.2, 0.25) is 0 Å². The summed E-state index contributed by atoms with van der Waals surface area (Å²) in [4.78, 5) is 27.1. The predicted molar refractivity (Wildman–Crippen MR) is 95.0 cm³/mol. The van der Waals surface area contributed by atoms with Crippen LogP contribution >= 0.6 is 0 Å². The zero-order chi connectivity index (χ0) is 18.5. The third kappa shape index (κ3) is 2.55. The van der Waals surface area contributed by atoms with Gasteiger partial charge in [0.25, 0.3) is 11.5 Å². The number of aromatic nitrogens is 5. The summed E-state index contributed by atoms with van der Waals surface area (Å²) in [6, 6.07) is 1.75. The molecular formula is C18H24N6O2. The maximum absolute atomic E-state index is 12.7. The van der Waals surface area contributed by atoms with Gasteiger partial charge in [-0.2, -0.15) is 5.10 Å². The largest absolute Gasteiger partial charge is 0.337 e. The van der Waals surface area contributed by atoms with Crippen molar-refractivity contribution in [2.45, 2.75) is 51.0 Å². The fraction of sp³-hybridized carbons (Fsp3) is 0.611. The topological polar surface area (TPSA) is 85.9 Å². The molecule has 2 aliphatic heterocycles. The van der Waals surface area contributed by atoms with Crippen LogP contribution in [0, 0.1) is 0 Å². The first-order chi connectivity index (χ1) is 12.4. The molecule has 8 nitrogen and oxygen atoms in total. The zero-order valence-corrected chi connectivity index (χ0v) is 15.5. The molecule has 0 atom stereocenters. The zero-order valence-electron chi connectivity index (χ0n) is 15.5. The Morgan fingerprint density at radius 1 is 1.15 bits per heavy atom. The van der Waals surface area contributed by atoms with E-state index in [4.69, 9.17) is 0 Å². The maximum atomic E-state index is 12.7. The van der Waals surface area contributed by atoms with Crippen molar-refractivity contribution >= 4 is 5.91 Å². The van der Waals surface area contributed by atoms with Crippen LogP contribution in [0.25, 0.3) is 0 Å². The van der Waals surface area contributed by atoms with Gasteiger partial charge >= 0.3 is 0 Å². The van der Waals surface area contributed by atoms with Crippen LogP contribution in [0.4, 0.5) is 0 Å². The highest BCUT2D eigenvalue weighted by Gasteiger charge is 2.45. The first-order valence-electron chi connectivity index (χ1n) is 9.18. The number of carbonyl (C=O) groups excluding carboxylic acids is 1. The fourth-order valence-corrected chi connectivity index (χ4v) is 4.13. The van der Waals surface area contributed by atoms with Gasteiger partial charge in [-0.3, -0.25) is 18.8 Å². The number of hydrogen-bond acceptors (Lipinski definition) is 5. The number of carbonyl (C=O) groups is 1. The maximum Gasteiger partial charge on any atom is 0.275 e. The highest BCUT2D eigenvalue weighted by atomic mass is 16.2.